The van der Waals surface area contributed by atoms with E-state index < -0.39 is 0 Å². The summed E-state index contributed by atoms with van der Waals surface area (Å²) >= 11 is 0. The molecule has 0 bridgehead atoms. The maximum Gasteiger partial charge on any atom is 0.257 e. The van der Waals surface area contributed by atoms with E-state index in [2.05, 4.69) is 11.9 Å². The van der Waals surface area contributed by atoms with Gasteiger partial charge in [0.25, 0.3) is 5.91 Å². The molecule has 1 amide bonds. The molecule has 0 atom stereocenters. The van der Waals surface area contributed by atoms with Crippen LogP contribution in [0.1, 0.15) is 23.2 Å². The van der Waals surface area contributed by atoms with Crippen molar-refractivity contribution in [1.29, 1.82) is 0 Å². The van der Waals surface area contributed by atoms with Crippen LogP contribution >= 0.6 is 0 Å². The molecule has 0 radical (unpaired) electrons. The minimum absolute atomic E-state index is 0.0861. The van der Waals surface area contributed by atoms with Gasteiger partial charge in [0.05, 0.1) is 19.8 Å². The zero-order valence-electron chi connectivity index (χ0n) is 13.8. The number of anilines is 1. The lowest BCUT2D eigenvalue weighted by atomic mass is 10.0. The van der Waals surface area contributed by atoms with E-state index in [0.29, 0.717) is 22.7 Å². The topological polar surface area (TPSA) is 68.0 Å². The summed E-state index contributed by atoms with van der Waals surface area (Å²) < 4.78 is 10.6. The number of nitrogen functional groups attached to an aromatic ring is 1. The fraction of sp³-hybridized carbons (Fsp3) is 0.562. The van der Waals surface area contributed by atoms with Gasteiger partial charge in [-0.25, -0.2) is 0 Å². The van der Waals surface area contributed by atoms with E-state index in [4.69, 9.17) is 15.2 Å². The first kappa shape index (κ1) is 16.4. The lowest BCUT2D eigenvalue weighted by Gasteiger charge is -2.35. The van der Waals surface area contributed by atoms with Gasteiger partial charge in [0.2, 0.25) is 0 Å². The Morgan fingerprint density at radius 1 is 1.27 bits per heavy atom. The van der Waals surface area contributed by atoms with Crippen LogP contribution in [0.25, 0.3) is 0 Å². The number of ether oxygens (including phenoxy) is 2. The van der Waals surface area contributed by atoms with Crippen LogP contribution in [0.15, 0.2) is 12.1 Å². The molecular weight excluding hydrogens is 282 g/mol. The molecule has 1 heterocycles. The van der Waals surface area contributed by atoms with Crippen LogP contribution in [0, 0.1) is 0 Å². The summed E-state index contributed by atoms with van der Waals surface area (Å²) in [4.78, 5) is 16.9. The third-order valence-electron chi connectivity index (χ3n) is 4.29. The summed E-state index contributed by atoms with van der Waals surface area (Å²) in [5.41, 5.74) is 6.81. The Bertz CT molecular complexity index is 540. The monoisotopic (exact) mass is 307 g/mol. The van der Waals surface area contributed by atoms with Crippen LogP contribution in [0.5, 0.6) is 11.5 Å². The maximum atomic E-state index is 12.8. The summed E-state index contributed by atoms with van der Waals surface area (Å²) in [5.74, 6) is 0.820. The molecule has 0 saturated carbocycles. The molecule has 6 heteroatoms. The van der Waals surface area contributed by atoms with Crippen LogP contribution in [0.3, 0.4) is 0 Å². The molecule has 1 aromatic carbocycles. The Kier molecular flexibility index (Phi) is 5.13. The first-order chi connectivity index (χ1) is 10.5. The molecular formula is C16H25N3O3. The highest BCUT2D eigenvalue weighted by atomic mass is 16.5. The summed E-state index contributed by atoms with van der Waals surface area (Å²) in [6.45, 7) is 2.00. The van der Waals surface area contributed by atoms with Crippen LogP contribution in [-0.4, -0.2) is 63.2 Å². The third kappa shape index (κ3) is 3.27. The van der Waals surface area contributed by atoms with E-state index in [0.717, 1.165) is 25.9 Å². The number of rotatable bonds is 4. The predicted molar refractivity (Wildman–Crippen MR) is 86.6 cm³/mol. The summed E-state index contributed by atoms with van der Waals surface area (Å²) in [5, 5.41) is 0. The van der Waals surface area contributed by atoms with Crippen molar-refractivity contribution in [3.05, 3.63) is 17.7 Å². The van der Waals surface area contributed by atoms with Crippen molar-refractivity contribution in [2.24, 2.45) is 0 Å². The Labute approximate surface area is 131 Å². The number of nitrogens with zero attached hydrogens (tertiary/aromatic N) is 2. The Morgan fingerprint density at radius 3 is 2.45 bits per heavy atom. The normalized spacial score (nSPS) is 16.4. The number of carbonyl (C=O) groups excluding carboxylic acids is 1. The quantitative estimate of drug-likeness (QED) is 0.853. The number of carbonyl (C=O) groups is 1. The highest BCUT2D eigenvalue weighted by molar-refractivity contribution is 5.99. The van der Waals surface area contributed by atoms with Gasteiger partial charge >= 0.3 is 0 Å². The average Bonchev–Trinajstić information content (AvgIpc) is 2.53. The van der Waals surface area contributed by atoms with E-state index in [-0.39, 0.29) is 11.9 Å². The molecule has 2 rings (SSSR count). The minimum atomic E-state index is -0.0861. The fourth-order valence-corrected chi connectivity index (χ4v) is 2.88. The molecule has 6 nitrogen and oxygen atoms in total. The first-order valence-electron chi connectivity index (χ1n) is 7.45. The molecule has 0 spiro atoms. The molecule has 2 N–H and O–H groups in total. The SMILES string of the molecule is COc1cc(N)cc(C(=O)N(C)C2CCN(C)CC2)c1OC. The van der Waals surface area contributed by atoms with Crippen molar-refractivity contribution in [3.63, 3.8) is 0 Å². The fourth-order valence-electron chi connectivity index (χ4n) is 2.88. The highest BCUT2D eigenvalue weighted by Crippen LogP contribution is 2.34. The smallest absolute Gasteiger partial charge is 0.257 e. The summed E-state index contributed by atoms with van der Waals surface area (Å²) in [7, 11) is 7.00. The number of piperidine rings is 1. The molecule has 0 unspecified atom stereocenters. The molecule has 1 saturated heterocycles. The third-order valence-corrected chi connectivity index (χ3v) is 4.29. The molecule has 1 aliphatic heterocycles. The second-order valence-electron chi connectivity index (χ2n) is 5.75. The van der Waals surface area contributed by atoms with Crippen molar-refractivity contribution in [2.45, 2.75) is 18.9 Å². The van der Waals surface area contributed by atoms with Gasteiger partial charge in [-0.15, -0.1) is 0 Å². The zero-order valence-corrected chi connectivity index (χ0v) is 13.8. The molecule has 22 heavy (non-hydrogen) atoms. The number of nitrogens with two attached hydrogens (primary N) is 1. The molecule has 0 aromatic heterocycles. The molecule has 0 aliphatic carbocycles. The number of methoxy groups -OCH3 is 2. The van der Waals surface area contributed by atoms with Crippen LogP contribution in [-0.2, 0) is 0 Å². The van der Waals surface area contributed by atoms with Crippen LogP contribution in [0.4, 0.5) is 5.69 Å². The zero-order chi connectivity index (χ0) is 16.3. The second kappa shape index (κ2) is 6.87. The molecule has 1 aromatic rings. The number of benzene rings is 1. The van der Waals surface area contributed by atoms with Gasteiger partial charge < -0.3 is 25.0 Å². The van der Waals surface area contributed by atoms with E-state index in [1.807, 2.05) is 7.05 Å². The molecule has 122 valence electrons. The summed E-state index contributed by atoms with van der Waals surface area (Å²) in [6.07, 6.45) is 1.95. The largest absolute Gasteiger partial charge is 0.493 e. The van der Waals surface area contributed by atoms with Gasteiger partial charge in [-0.2, -0.15) is 0 Å². The van der Waals surface area contributed by atoms with Crippen molar-refractivity contribution >= 4 is 11.6 Å². The molecule has 1 fully saturated rings. The van der Waals surface area contributed by atoms with Crippen molar-refractivity contribution < 1.29 is 14.3 Å². The minimum Gasteiger partial charge on any atom is -0.493 e. The lowest BCUT2D eigenvalue weighted by Crippen LogP contribution is -2.44. The second-order valence-corrected chi connectivity index (χ2v) is 5.75. The van der Waals surface area contributed by atoms with E-state index in [1.54, 1.807) is 17.0 Å². The Morgan fingerprint density at radius 2 is 1.91 bits per heavy atom. The number of hydrogen-bond donors (Lipinski definition) is 1. The van der Waals surface area contributed by atoms with Gasteiger partial charge in [-0.1, -0.05) is 0 Å². The first-order valence-corrected chi connectivity index (χ1v) is 7.45. The van der Waals surface area contributed by atoms with E-state index >= 15 is 0 Å². The number of likely N-dealkylation sites (tertiary alicyclic amines) is 1. The Balaban J connectivity index is 2.26. The highest BCUT2D eigenvalue weighted by Gasteiger charge is 2.27. The predicted octanol–water partition coefficient (Wildman–Crippen LogP) is 1.45. The summed E-state index contributed by atoms with van der Waals surface area (Å²) in [6, 6.07) is 3.54. The number of hydrogen-bond acceptors (Lipinski definition) is 5. The van der Waals surface area contributed by atoms with E-state index in [1.165, 1.54) is 14.2 Å². The van der Waals surface area contributed by atoms with Crippen LogP contribution in [0.2, 0.25) is 0 Å². The molecule has 1 aliphatic rings. The van der Waals surface area contributed by atoms with Crippen LogP contribution < -0.4 is 15.2 Å². The van der Waals surface area contributed by atoms with Crippen molar-refractivity contribution in [3.8, 4) is 11.5 Å². The van der Waals surface area contributed by atoms with Crippen molar-refractivity contribution in [1.82, 2.24) is 9.80 Å². The van der Waals surface area contributed by atoms with Crippen molar-refractivity contribution in [2.75, 3.05) is 47.1 Å². The van der Waals surface area contributed by atoms with E-state index in [9.17, 15) is 4.79 Å². The van der Waals surface area contributed by atoms with Gasteiger partial charge in [0, 0.05) is 24.8 Å². The van der Waals surface area contributed by atoms with Gasteiger partial charge in [-0.05, 0) is 39.0 Å². The standard InChI is InChI=1S/C16H25N3O3/c1-18-7-5-12(6-8-18)19(2)16(20)13-9-11(17)10-14(21-3)15(13)22-4/h9-10,12H,5-8,17H2,1-4H3. The van der Waals surface area contributed by atoms with Gasteiger partial charge in [0.15, 0.2) is 11.5 Å². The van der Waals surface area contributed by atoms with Gasteiger partial charge in [-0.3, -0.25) is 4.79 Å². The maximum absolute atomic E-state index is 12.8. The average molecular weight is 307 g/mol. The lowest BCUT2D eigenvalue weighted by molar-refractivity contribution is 0.0656. The van der Waals surface area contributed by atoms with Gasteiger partial charge in [0.1, 0.15) is 0 Å². The Hall–Kier alpha value is -1.95. The number of amides is 1.